The molecular formula is C13H16FN3O. The van der Waals surface area contributed by atoms with Gasteiger partial charge in [0.15, 0.2) is 0 Å². The number of anilines is 2. The molecule has 3 rings (SSSR count). The van der Waals surface area contributed by atoms with Gasteiger partial charge in [-0.05, 0) is 25.1 Å². The number of likely N-dealkylation sites (N-methyl/N-ethyl adjacent to an activating group) is 1. The van der Waals surface area contributed by atoms with Gasteiger partial charge < -0.3 is 15.1 Å². The zero-order valence-electron chi connectivity index (χ0n) is 10.3. The van der Waals surface area contributed by atoms with Gasteiger partial charge in [0.25, 0.3) is 0 Å². The summed E-state index contributed by atoms with van der Waals surface area (Å²) < 4.78 is 13.4. The number of benzene rings is 1. The Hall–Kier alpha value is -1.62. The number of hydrogen-bond donors (Lipinski definition) is 1. The van der Waals surface area contributed by atoms with E-state index in [0.717, 1.165) is 31.0 Å². The molecule has 2 aliphatic rings. The first-order chi connectivity index (χ1) is 8.70. The van der Waals surface area contributed by atoms with Crippen molar-refractivity contribution in [2.75, 3.05) is 36.0 Å². The Morgan fingerprint density at radius 1 is 1.44 bits per heavy atom. The van der Waals surface area contributed by atoms with E-state index in [2.05, 4.69) is 10.2 Å². The van der Waals surface area contributed by atoms with Crippen molar-refractivity contribution in [1.82, 2.24) is 5.32 Å². The molecule has 1 atom stereocenters. The molecule has 0 aromatic heterocycles. The standard InChI is InChI=1S/C13H16FN3O/c1-2-16-8-10-6-15-7-13(18)17(10)11-4-3-9(14)5-12(11)16/h3-5,10,15H,2,6-8H2,1H3. The maximum absolute atomic E-state index is 13.4. The van der Waals surface area contributed by atoms with Crippen LogP contribution in [0.1, 0.15) is 6.92 Å². The van der Waals surface area contributed by atoms with Crippen LogP contribution < -0.4 is 15.1 Å². The Labute approximate surface area is 105 Å². The van der Waals surface area contributed by atoms with E-state index < -0.39 is 0 Å². The molecule has 96 valence electrons. The number of nitrogens with one attached hydrogen (secondary N) is 1. The van der Waals surface area contributed by atoms with Crippen molar-refractivity contribution in [2.24, 2.45) is 0 Å². The fourth-order valence-corrected chi connectivity index (χ4v) is 2.81. The normalized spacial score (nSPS) is 22.8. The maximum Gasteiger partial charge on any atom is 0.241 e. The van der Waals surface area contributed by atoms with Crippen LogP contribution >= 0.6 is 0 Å². The van der Waals surface area contributed by atoms with Crippen LogP contribution in [-0.2, 0) is 4.79 Å². The van der Waals surface area contributed by atoms with Crippen molar-refractivity contribution in [3.8, 4) is 0 Å². The minimum absolute atomic E-state index is 0.0647. The lowest BCUT2D eigenvalue weighted by atomic mass is 10.0. The first-order valence-electron chi connectivity index (χ1n) is 6.28. The van der Waals surface area contributed by atoms with E-state index in [1.807, 2.05) is 11.8 Å². The molecule has 18 heavy (non-hydrogen) atoms. The van der Waals surface area contributed by atoms with Gasteiger partial charge >= 0.3 is 0 Å². The molecule has 1 N–H and O–H groups in total. The van der Waals surface area contributed by atoms with Gasteiger partial charge in [-0.2, -0.15) is 0 Å². The average Bonchev–Trinajstić information content (AvgIpc) is 2.37. The average molecular weight is 249 g/mol. The molecule has 1 aromatic rings. The molecule has 1 aromatic carbocycles. The summed E-state index contributed by atoms with van der Waals surface area (Å²) in [6, 6.07) is 4.79. The number of fused-ring (bicyclic) bond motifs is 3. The number of nitrogens with zero attached hydrogens (tertiary/aromatic N) is 2. The lowest BCUT2D eigenvalue weighted by Crippen LogP contribution is -2.61. The fourth-order valence-electron chi connectivity index (χ4n) is 2.81. The van der Waals surface area contributed by atoms with Gasteiger partial charge in [-0.25, -0.2) is 4.39 Å². The SMILES string of the molecule is CCN1CC2CNCC(=O)N2c2ccc(F)cc21. The number of halogens is 1. The molecule has 0 aliphatic carbocycles. The highest BCUT2D eigenvalue weighted by Gasteiger charge is 2.36. The molecule has 0 spiro atoms. The summed E-state index contributed by atoms with van der Waals surface area (Å²) in [5.74, 6) is -0.192. The summed E-state index contributed by atoms with van der Waals surface area (Å²) >= 11 is 0. The van der Waals surface area contributed by atoms with Crippen LogP contribution in [0.15, 0.2) is 18.2 Å². The number of carbonyl (C=O) groups is 1. The van der Waals surface area contributed by atoms with Gasteiger partial charge in [0, 0.05) is 19.6 Å². The Kier molecular flexibility index (Phi) is 2.70. The van der Waals surface area contributed by atoms with E-state index in [0.29, 0.717) is 6.54 Å². The molecule has 5 heteroatoms. The second-order valence-electron chi connectivity index (χ2n) is 4.72. The topological polar surface area (TPSA) is 35.6 Å². The van der Waals surface area contributed by atoms with Crippen molar-refractivity contribution in [2.45, 2.75) is 13.0 Å². The molecular weight excluding hydrogens is 233 g/mol. The Balaban J connectivity index is 2.09. The summed E-state index contributed by atoms with van der Waals surface area (Å²) in [5.41, 5.74) is 1.66. The third kappa shape index (κ3) is 1.66. The van der Waals surface area contributed by atoms with Gasteiger partial charge in [0.2, 0.25) is 5.91 Å². The monoisotopic (exact) mass is 249 g/mol. The predicted molar refractivity (Wildman–Crippen MR) is 68.4 cm³/mol. The first-order valence-corrected chi connectivity index (χ1v) is 6.28. The second kappa shape index (κ2) is 4.24. The highest BCUT2D eigenvalue weighted by Crippen LogP contribution is 2.36. The first kappa shape index (κ1) is 11.5. The van der Waals surface area contributed by atoms with Crippen LogP contribution in [0, 0.1) is 5.82 Å². The fraction of sp³-hybridized carbons (Fsp3) is 0.462. The Morgan fingerprint density at radius 3 is 3.06 bits per heavy atom. The minimum atomic E-state index is -0.256. The van der Waals surface area contributed by atoms with Crippen LogP contribution in [-0.4, -0.2) is 38.1 Å². The van der Waals surface area contributed by atoms with Gasteiger partial charge in [-0.15, -0.1) is 0 Å². The van der Waals surface area contributed by atoms with E-state index in [1.165, 1.54) is 12.1 Å². The molecule has 1 unspecified atom stereocenters. The number of hydrogen-bond acceptors (Lipinski definition) is 3. The summed E-state index contributed by atoms with van der Waals surface area (Å²) in [6.07, 6.45) is 0. The molecule has 1 saturated heterocycles. The smallest absolute Gasteiger partial charge is 0.241 e. The maximum atomic E-state index is 13.4. The molecule has 1 amide bonds. The third-order valence-corrected chi connectivity index (χ3v) is 3.64. The molecule has 0 radical (unpaired) electrons. The molecule has 2 heterocycles. The highest BCUT2D eigenvalue weighted by atomic mass is 19.1. The quantitative estimate of drug-likeness (QED) is 0.805. The van der Waals surface area contributed by atoms with Crippen LogP contribution in [0.2, 0.25) is 0 Å². The van der Waals surface area contributed by atoms with Crippen molar-refractivity contribution < 1.29 is 9.18 Å². The zero-order chi connectivity index (χ0) is 12.7. The van der Waals surface area contributed by atoms with Crippen LogP contribution in [0.3, 0.4) is 0 Å². The van der Waals surface area contributed by atoms with Crippen molar-refractivity contribution in [3.63, 3.8) is 0 Å². The van der Waals surface area contributed by atoms with E-state index in [-0.39, 0.29) is 17.8 Å². The van der Waals surface area contributed by atoms with Crippen molar-refractivity contribution in [1.29, 1.82) is 0 Å². The number of piperazine rings is 1. The number of rotatable bonds is 1. The summed E-state index contributed by atoms with van der Waals surface area (Å²) in [5, 5.41) is 3.13. The summed E-state index contributed by atoms with van der Waals surface area (Å²) in [4.78, 5) is 16.0. The zero-order valence-corrected chi connectivity index (χ0v) is 10.3. The van der Waals surface area contributed by atoms with Gasteiger partial charge in [0.1, 0.15) is 5.82 Å². The van der Waals surface area contributed by atoms with Crippen LogP contribution in [0.5, 0.6) is 0 Å². The molecule has 1 fully saturated rings. The second-order valence-corrected chi connectivity index (χ2v) is 4.72. The van der Waals surface area contributed by atoms with Crippen LogP contribution in [0.25, 0.3) is 0 Å². The lowest BCUT2D eigenvalue weighted by Gasteiger charge is -2.45. The third-order valence-electron chi connectivity index (χ3n) is 3.64. The van der Waals surface area contributed by atoms with Crippen molar-refractivity contribution in [3.05, 3.63) is 24.0 Å². The number of amides is 1. The number of carbonyl (C=O) groups excluding carboxylic acids is 1. The molecule has 4 nitrogen and oxygen atoms in total. The molecule has 0 bridgehead atoms. The lowest BCUT2D eigenvalue weighted by molar-refractivity contribution is -0.119. The summed E-state index contributed by atoms with van der Waals surface area (Å²) in [7, 11) is 0. The highest BCUT2D eigenvalue weighted by molar-refractivity contribution is 6.00. The van der Waals surface area contributed by atoms with Gasteiger partial charge in [-0.3, -0.25) is 4.79 Å². The largest absolute Gasteiger partial charge is 0.368 e. The van der Waals surface area contributed by atoms with Gasteiger partial charge in [0.05, 0.1) is 24.0 Å². The minimum Gasteiger partial charge on any atom is -0.368 e. The van der Waals surface area contributed by atoms with E-state index in [4.69, 9.17) is 0 Å². The Morgan fingerprint density at radius 2 is 2.28 bits per heavy atom. The molecule has 0 saturated carbocycles. The van der Waals surface area contributed by atoms with E-state index in [1.54, 1.807) is 6.07 Å². The van der Waals surface area contributed by atoms with E-state index >= 15 is 0 Å². The van der Waals surface area contributed by atoms with E-state index in [9.17, 15) is 9.18 Å². The van der Waals surface area contributed by atoms with Gasteiger partial charge in [-0.1, -0.05) is 0 Å². The predicted octanol–water partition coefficient (Wildman–Crippen LogP) is 0.970. The Bertz CT molecular complexity index is 491. The van der Waals surface area contributed by atoms with Crippen molar-refractivity contribution >= 4 is 17.3 Å². The summed E-state index contributed by atoms with van der Waals surface area (Å²) in [6.45, 7) is 4.77. The molecule has 2 aliphatic heterocycles. The van der Waals surface area contributed by atoms with Crippen LogP contribution in [0.4, 0.5) is 15.8 Å².